The number of carboxylic acid groups (broad SMARTS) is 3. The van der Waals surface area contributed by atoms with E-state index in [1.807, 2.05) is 0 Å². The fraction of sp³-hybridized carbons (Fsp3) is 0.500. The average molecular weight is 419 g/mol. The number of hydrogen-bond donors (Lipinski definition) is 0. The molecule has 0 rings (SSSR count). The molecule has 10 N–H and O–H groups in total. The van der Waals surface area contributed by atoms with Crippen molar-refractivity contribution in [2.45, 2.75) is 20.8 Å². The van der Waals surface area contributed by atoms with E-state index in [1.165, 1.54) is 0 Å². The van der Waals surface area contributed by atoms with E-state index in [0.717, 1.165) is 20.8 Å². The summed E-state index contributed by atoms with van der Waals surface area (Å²) in [7, 11) is 0. The molecule has 0 unspecified atom stereocenters. The van der Waals surface area contributed by atoms with Crippen LogP contribution in [0.1, 0.15) is 20.8 Å². The Bertz CT molecular complexity index is 119. The van der Waals surface area contributed by atoms with Crippen molar-refractivity contribution in [3.05, 3.63) is 0 Å². The van der Waals surface area contributed by atoms with Crippen molar-refractivity contribution in [2.24, 2.45) is 0 Å². The number of rotatable bonds is 0. The first-order valence-electron chi connectivity index (χ1n) is 2.72. The Kier molecular flexibility index (Phi) is 195. The maximum atomic E-state index is 8.89. The molecule has 12 heteroatoms. The van der Waals surface area contributed by atoms with Crippen LogP contribution in [-0.4, -0.2) is 45.3 Å². The minimum Gasteiger partial charge on any atom is -0.550 e. The monoisotopic (exact) mass is 420 g/mol. The molecule has 116 valence electrons. The topological polar surface area (TPSA) is 278 Å². The number of aliphatic carboxylic acids is 3. The first-order valence-corrected chi connectivity index (χ1v) is 2.72. The van der Waals surface area contributed by atoms with Gasteiger partial charge in [-0.3, -0.25) is 0 Å². The fourth-order valence-electron chi connectivity index (χ4n) is 0. The van der Waals surface area contributed by atoms with Crippen molar-refractivity contribution in [1.82, 2.24) is 0 Å². The summed E-state index contributed by atoms with van der Waals surface area (Å²) in [6.07, 6.45) is 0. The van der Waals surface area contributed by atoms with Gasteiger partial charge in [-0.15, -0.1) is 0 Å². The van der Waals surface area contributed by atoms with E-state index in [2.05, 4.69) is 0 Å². The first-order chi connectivity index (χ1) is 5.20. The van der Waals surface area contributed by atoms with Crippen LogP contribution in [0.15, 0.2) is 0 Å². The zero-order valence-corrected chi connectivity index (χ0v) is 12.3. The molecule has 0 aliphatic heterocycles. The number of carbonyl (C=O) groups is 3. The zero-order valence-electron chi connectivity index (χ0n) is 9.83. The van der Waals surface area contributed by atoms with Crippen molar-refractivity contribution in [1.29, 1.82) is 0 Å². The van der Waals surface area contributed by atoms with Crippen molar-refractivity contribution in [3.63, 3.8) is 0 Å². The van der Waals surface area contributed by atoms with E-state index in [0.29, 0.717) is 0 Å². The summed E-state index contributed by atoms with van der Waals surface area (Å²) in [6.45, 7) is 2.92. The summed E-state index contributed by atoms with van der Waals surface area (Å²) in [4.78, 5) is 26.7. The Morgan fingerprint density at radius 3 is 0.556 bits per heavy atom. The second-order valence-electron chi connectivity index (χ2n) is 1.47. The molecular weight excluding hydrogens is 400 g/mol. The van der Waals surface area contributed by atoms with Crippen molar-refractivity contribution in [3.8, 4) is 0 Å². The molecule has 0 aromatic carbocycles. The SMILES string of the molecule is CC(=O)[O-].CC(=O)[O-].CC(=O)[O-].O.O.O.O.O.[Eu+3]. The molecule has 0 aromatic heterocycles. The molecule has 0 saturated heterocycles. The summed E-state index contributed by atoms with van der Waals surface area (Å²) in [5.41, 5.74) is 0. The van der Waals surface area contributed by atoms with Crippen LogP contribution in [0, 0.1) is 49.4 Å². The second-order valence-corrected chi connectivity index (χ2v) is 1.47. The molecule has 0 fully saturated rings. The smallest absolute Gasteiger partial charge is 0.550 e. The maximum absolute atomic E-state index is 8.89. The molecule has 0 aromatic rings. The van der Waals surface area contributed by atoms with E-state index >= 15 is 0 Å². The van der Waals surface area contributed by atoms with Crippen LogP contribution in [0.4, 0.5) is 0 Å². The third kappa shape index (κ3) is 81800. The summed E-state index contributed by atoms with van der Waals surface area (Å²) < 4.78 is 0. The van der Waals surface area contributed by atoms with E-state index in [9.17, 15) is 0 Å². The predicted octanol–water partition coefficient (Wildman–Crippen LogP) is -7.85. The Morgan fingerprint density at radius 1 is 0.556 bits per heavy atom. The van der Waals surface area contributed by atoms with Crippen LogP contribution in [0.5, 0.6) is 0 Å². The molecule has 0 amide bonds. The normalized spacial score (nSPS) is 4.17. The maximum Gasteiger partial charge on any atom is 3.00 e. The van der Waals surface area contributed by atoms with Gasteiger partial charge in [0.15, 0.2) is 0 Å². The quantitative estimate of drug-likeness (QED) is 0.367. The molecule has 0 saturated carbocycles. The Hall–Kier alpha value is -0.206. The van der Waals surface area contributed by atoms with E-state index in [1.54, 1.807) is 0 Å². The van der Waals surface area contributed by atoms with Gasteiger partial charge in [0, 0.05) is 17.9 Å². The van der Waals surface area contributed by atoms with E-state index < -0.39 is 17.9 Å². The van der Waals surface area contributed by atoms with Gasteiger partial charge in [0.2, 0.25) is 0 Å². The summed E-state index contributed by atoms with van der Waals surface area (Å²) in [5.74, 6) is -3.25. The summed E-state index contributed by atoms with van der Waals surface area (Å²) in [6, 6.07) is 0. The van der Waals surface area contributed by atoms with Gasteiger partial charge in [0.05, 0.1) is 0 Å². The third-order valence-electron chi connectivity index (χ3n) is 0. The molecular formula is C6H19EuO11. The van der Waals surface area contributed by atoms with E-state index in [4.69, 9.17) is 29.7 Å². The van der Waals surface area contributed by atoms with Crippen LogP contribution in [0.2, 0.25) is 0 Å². The molecule has 0 aliphatic carbocycles. The summed E-state index contributed by atoms with van der Waals surface area (Å²) >= 11 is 0. The van der Waals surface area contributed by atoms with Gasteiger partial charge in [-0.1, -0.05) is 0 Å². The summed E-state index contributed by atoms with van der Waals surface area (Å²) in [5, 5.41) is 26.7. The van der Waals surface area contributed by atoms with E-state index in [-0.39, 0.29) is 76.8 Å². The molecule has 0 radical (unpaired) electrons. The van der Waals surface area contributed by atoms with Gasteiger partial charge in [-0.25, -0.2) is 0 Å². The molecule has 0 spiro atoms. The van der Waals surface area contributed by atoms with Crippen molar-refractivity contribution >= 4 is 17.9 Å². The third-order valence-corrected chi connectivity index (χ3v) is 0. The molecule has 0 bridgehead atoms. The fourth-order valence-corrected chi connectivity index (χ4v) is 0. The van der Waals surface area contributed by atoms with Crippen LogP contribution >= 0.6 is 0 Å². The van der Waals surface area contributed by atoms with Crippen molar-refractivity contribution < 1.29 is 106 Å². The average Bonchev–Trinajstić information content (AvgIpc) is 1.54. The Morgan fingerprint density at radius 2 is 0.556 bits per heavy atom. The van der Waals surface area contributed by atoms with Gasteiger partial charge in [0.25, 0.3) is 0 Å². The number of hydrogen-bond acceptors (Lipinski definition) is 6. The Balaban J connectivity index is -0.00000000827. The van der Waals surface area contributed by atoms with Gasteiger partial charge < -0.3 is 57.1 Å². The van der Waals surface area contributed by atoms with Crippen LogP contribution < -0.4 is 15.3 Å². The van der Waals surface area contributed by atoms with Crippen LogP contribution in [0.25, 0.3) is 0 Å². The van der Waals surface area contributed by atoms with Crippen LogP contribution in [0.3, 0.4) is 0 Å². The van der Waals surface area contributed by atoms with Gasteiger partial charge in [0.1, 0.15) is 0 Å². The zero-order chi connectivity index (χ0) is 10.7. The first kappa shape index (κ1) is 64.9. The molecule has 11 nitrogen and oxygen atoms in total. The van der Waals surface area contributed by atoms with Crippen LogP contribution in [-0.2, 0) is 14.4 Å². The van der Waals surface area contributed by atoms with Gasteiger partial charge >= 0.3 is 49.4 Å². The predicted molar refractivity (Wildman–Crippen MR) is 50.1 cm³/mol. The molecule has 0 aliphatic rings. The number of carbonyl (C=O) groups excluding carboxylic acids is 3. The number of carboxylic acids is 3. The minimum absolute atomic E-state index is 0. The van der Waals surface area contributed by atoms with Crippen molar-refractivity contribution in [2.75, 3.05) is 0 Å². The standard InChI is InChI=1S/3C2H4O2.Eu.5H2O/c3*1-2(3)4;;;;;;/h3*1H3,(H,3,4);;5*1H2/q;;;+3;;;;;/p-3. The Labute approximate surface area is 144 Å². The molecule has 0 heterocycles. The van der Waals surface area contributed by atoms with Gasteiger partial charge in [-0.2, -0.15) is 0 Å². The molecule has 18 heavy (non-hydrogen) atoms. The second kappa shape index (κ2) is 54.2. The largest absolute Gasteiger partial charge is 3.00 e. The minimum atomic E-state index is -1.08. The molecule has 0 atom stereocenters. The van der Waals surface area contributed by atoms with Gasteiger partial charge in [-0.05, 0) is 20.8 Å².